The summed E-state index contributed by atoms with van der Waals surface area (Å²) in [6.45, 7) is -0.900. The molecule has 0 saturated carbocycles. The van der Waals surface area contributed by atoms with Crippen molar-refractivity contribution in [3.05, 3.63) is 95.9 Å². The van der Waals surface area contributed by atoms with Crippen molar-refractivity contribution in [2.75, 3.05) is 29.5 Å². The third-order valence-corrected chi connectivity index (χ3v) is 8.60. The molecule has 9 nitrogen and oxygen atoms in total. The third kappa shape index (κ3) is 6.07. The van der Waals surface area contributed by atoms with Gasteiger partial charge < -0.3 is 19.8 Å². The molecule has 2 N–H and O–H groups in total. The molecule has 1 aliphatic heterocycles. The molecule has 2 aromatic heterocycles. The molecule has 1 atom stereocenters. The second-order valence-corrected chi connectivity index (χ2v) is 12.5. The van der Waals surface area contributed by atoms with Crippen LogP contribution in [0.4, 0.5) is 29.1 Å². The van der Waals surface area contributed by atoms with Gasteiger partial charge in [0.25, 0.3) is 5.91 Å². The van der Waals surface area contributed by atoms with E-state index in [0.717, 1.165) is 6.26 Å². The van der Waals surface area contributed by atoms with E-state index in [0.29, 0.717) is 32.6 Å². The molecule has 0 fully saturated rings. The largest absolute Gasteiger partial charge is 0.463 e. The molecule has 14 heteroatoms. The maximum atomic E-state index is 13.7. The van der Waals surface area contributed by atoms with Crippen molar-refractivity contribution in [1.29, 1.82) is 0 Å². The maximum absolute atomic E-state index is 13.7. The first kappa shape index (κ1) is 30.9. The Labute approximate surface area is 260 Å². The summed E-state index contributed by atoms with van der Waals surface area (Å²) in [5, 5.41) is 5.98. The number of aromatic nitrogens is 1. The summed E-state index contributed by atoms with van der Waals surface area (Å²) in [6, 6.07) is 18.3. The van der Waals surface area contributed by atoms with Crippen molar-refractivity contribution in [2.45, 2.75) is 18.8 Å². The topological polar surface area (TPSA) is 114 Å². The molecule has 0 saturated heterocycles. The number of benzene rings is 3. The average molecular weight is 655 g/mol. The molecule has 1 aliphatic rings. The van der Waals surface area contributed by atoms with Gasteiger partial charge in [0.1, 0.15) is 17.2 Å². The van der Waals surface area contributed by atoms with Crippen LogP contribution in [-0.4, -0.2) is 45.3 Å². The van der Waals surface area contributed by atoms with Crippen molar-refractivity contribution in [1.82, 2.24) is 10.3 Å². The van der Waals surface area contributed by atoms with Crippen LogP contribution in [-0.2, 0) is 10.0 Å². The van der Waals surface area contributed by atoms with Gasteiger partial charge in [0.05, 0.1) is 23.9 Å². The number of sulfonamides is 1. The third-order valence-electron chi connectivity index (χ3n) is 7.42. The molecule has 6 rings (SSSR count). The van der Waals surface area contributed by atoms with Crippen molar-refractivity contribution in [3.8, 4) is 28.2 Å². The first-order valence-electron chi connectivity index (χ1n) is 13.9. The minimum Gasteiger partial charge on any atom is -0.463 e. The van der Waals surface area contributed by atoms with Crippen molar-refractivity contribution >= 4 is 38.4 Å². The fraction of sp³-hybridized carbons (Fsp3) is 0.188. The molecular weight excluding hydrogens is 628 g/mol. The van der Waals surface area contributed by atoms with E-state index in [1.54, 1.807) is 42.6 Å². The number of amides is 1. The van der Waals surface area contributed by atoms with Gasteiger partial charge in [-0.2, -0.15) is 13.2 Å². The predicted molar refractivity (Wildman–Crippen MR) is 165 cm³/mol. The van der Waals surface area contributed by atoms with E-state index in [-0.39, 0.29) is 33.5 Å². The first-order valence-corrected chi connectivity index (χ1v) is 15.8. The normalized spacial score (nSPS) is 14.4. The number of carbonyl (C=O) groups is 1. The van der Waals surface area contributed by atoms with Crippen LogP contribution in [0.3, 0.4) is 0 Å². The Hall–Kier alpha value is -5.11. The van der Waals surface area contributed by atoms with Gasteiger partial charge in [-0.25, -0.2) is 17.8 Å². The number of nitrogens with zero attached hydrogens (tertiary/aromatic N) is 2. The Balaban J connectivity index is 1.57. The van der Waals surface area contributed by atoms with E-state index in [4.69, 9.17) is 9.15 Å². The molecule has 5 aromatic rings. The van der Waals surface area contributed by atoms with Gasteiger partial charge in [-0.1, -0.05) is 18.2 Å². The summed E-state index contributed by atoms with van der Waals surface area (Å²) >= 11 is 0. The Kier molecular flexibility index (Phi) is 7.84. The molecule has 1 unspecified atom stereocenters. The predicted octanol–water partition coefficient (Wildman–Crippen LogP) is 6.88. The number of hydrogen-bond acceptors (Lipinski definition) is 7. The molecule has 3 heterocycles. The Morgan fingerprint density at radius 1 is 1.04 bits per heavy atom. The van der Waals surface area contributed by atoms with Crippen LogP contribution in [0.2, 0.25) is 0 Å². The van der Waals surface area contributed by atoms with Crippen LogP contribution < -0.4 is 19.7 Å². The number of hydrogen-bond donors (Lipinski definition) is 2. The summed E-state index contributed by atoms with van der Waals surface area (Å²) < 4.78 is 92.7. The summed E-state index contributed by atoms with van der Waals surface area (Å²) in [7, 11) is -2.84. The Morgan fingerprint density at radius 3 is 2.48 bits per heavy atom. The number of anilines is 2. The van der Waals surface area contributed by atoms with Gasteiger partial charge in [0, 0.05) is 47.9 Å². The van der Waals surface area contributed by atoms with Gasteiger partial charge in [-0.15, -0.1) is 0 Å². The van der Waals surface area contributed by atoms with Crippen molar-refractivity contribution in [2.24, 2.45) is 0 Å². The van der Waals surface area contributed by atoms with E-state index >= 15 is 0 Å². The lowest BCUT2D eigenvalue weighted by Crippen LogP contribution is -2.33. The SMILES string of the molecule is CNC(=O)c1c(-c2ccc(F)cc2)oc2cc(N(CCC(F)(F)F)S(C)(=O)=O)c(-c3cccc(C4Nc5ncccc5O4)c3)cc12. The zero-order valence-electron chi connectivity index (χ0n) is 24.4. The number of furan rings is 1. The molecule has 3 aromatic carbocycles. The van der Waals surface area contributed by atoms with E-state index < -0.39 is 47.1 Å². The lowest BCUT2D eigenvalue weighted by Gasteiger charge is -2.26. The smallest absolute Gasteiger partial charge is 0.390 e. The molecule has 0 spiro atoms. The van der Waals surface area contributed by atoms with Crippen LogP contribution in [0, 0.1) is 5.82 Å². The second kappa shape index (κ2) is 11.7. The lowest BCUT2D eigenvalue weighted by molar-refractivity contribution is -0.131. The number of fused-ring (bicyclic) bond motifs is 2. The standard InChI is InChI=1S/C32H26F4N4O5S/c1-37-30(41)27-23-16-22(19-5-3-6-20(15-19)31-39-29-25(45-31)7-4-13-38-29)24(40(46(2,42)43)14-12-32(34,35)36)17-26(23)44-28(27)18-8-10-21(33)11-9-18/h3-11,13,15-17,31H,12,14H2,1-2H3,(H,37,41)(H,38,39). The number of pyridine rings is 1. The molecule has 1 amide bonds. The van der Waals surface area contributed by atoms with Gasteiger partial charge in [0.15, 0.2) is 17.8 Å². The molecule has 46 heavy (non-hydrogen) atoms. The van der Waals surface area contributed by atoms with E-state index in [1.165, 1.54) is 43.4 Å². The van der Waals surface area contributed by atoms with Gasteiger partial charge in [-0.3, -0.25) is 9.10 Å². The highest BCUT2D eigenvalue weighted by molar-refractivity contribution is 7.92. The van der Waals surface area contributed by atoms with E-state index in [9.17, 15) is 30.8 Å². The fourth-order valence-corrected chi connectivity index (χ4v) is 6.24. The minimum absolute atomic E-state index is 0.0378. The quantitative estimate of drug-likeness (QED) is 0.175. The summed E-state index contributed by atoms with van der Waals surface area (Å²) in [4.78, 5) is 17.5. The highest BCUT2D eigenvalue weighted by Gasteiger charge is 2.33. The number of alkyl halides is 3. The fourth-order valence-electron chi connectivity index (χ4n) is 5.31. The van der Waals surface area contributed by atoms with Crippen molar-refractivity contribution in [3.63, 3.8) is 0 Å². The first-order chi connectivity index (χ1) is 21.8. The monoisotopic (exact) mass is 654 g/mol. The summed E-state index contributed by atoms with van der Waals surface area (Å²) in [5.74, 6) is 0.0613. The van der Waals surface area contributed by atoms with Crippen LogP contribution in [0.1, 0.15) is 28.6 Å². The number of rotatable bonds is 8. The van der Waals surface area contributed by atoms with Crippen LogP contribution in [0.25, 0.3) is 33.4 Å². The number of halogens is 4. The van der Waals surface area contributed by atoms with Gasteiger partial charge in [0.2, 0.25) is 10.0 Å². The molecule has 238 valence electrons. The minimum atomic E-state index is -4.64. The zero-order chi connectivity index (χ0) is 32.8. The maximum Gasteiger partial charge on any atom is 0.390 e. The lowest BCUT2D eigenvalue weighted by atomic mass is 9.97. The molecule has 0 radical (unpaired) electrons. The highest BCUT2D eigenvalue weighted by atomic mass is 32.2. The molecule has 0 aliphatic carbocycles. The van der Waals surface area contributed by atoms with Crippen LogP contribution in [0.15, 0.2) is 83.4 Å². The highest BCUT2D eigenvalue weighted by Crippen LogP contribution is 2.43. The number of ether oxygens (including phenoxy) is 1. The number of carbonyl (C=O) groups excluding carboxylic acids is 1. The van der Waals surface area contributed by atoms with Crippen LogP contribution >= 0.6 is 0 Å². The van der Waals surface area contributed by atoms with Crippen molar-refractivity contribution < 1.29 is 39.9 Å². The average Bonchev–Trinajstić information content (AvgIpc) is 3.61. The summed E-state index contributed by atoms with van der Waals surface area (Å²) in [5.41, 5.74) is 1.64. The molecular formula is C32H26F4N4O5S. The number of nitrogens with one attached hydrogen (secondary N) is 2. The van der Waals surface area contributed by atoms with Gasteiger partial charge >= 0.3 is 6.18 Å². The zero-order valence-corrected chi connectivity index (χ0v) is 25.2. The van der Waals surface area contributed by atoms with E-state index in [1.807, 2.05) is 0 Å². The molecule has 0 bridgehead atoms. The Morgan fingerprint density at radius 2 is 1.80 bits per heavy atom. The van der Waals surface area contributed by atoms with Gasteiger partial charge in [-0.05, 0) is 54.1 Å². The van der Waals surface area contributed by atoms with Crippen LogP contribution in [0.5, 0.6) is 5.75 Å². The Bertz CT molecular complexity index is 2040. The summed E-state index contributed by atoms with van der Waals surface area (Å²) in [6.07, 6.45) is -4.30. The van der Waals surface area contributed by atoms with E-state index in [2.05, 4.69) is 15.6 Å². The second-order valence-electron chi connectivity index (χ2n) is 10.6.